The van der Waals surface area contributed by atoms with E-state index < -0.39 is 12.1 Å². The molecule has 1 heterocycles. The number of cyclic esters (lactones) is 1. The minimum atomic E-state index is -0.498. The lowest BCUT2D eigenvalue weighted by atomic mass is 10.2. The van der Waals surface area contributed by atoms with Crippen LogP contribution in [0.3, 0.4) is 0 Å². The molecule has 1 saturated heterocycles. The molecule has 0 unspecified atom stereocenters. The van der Waals surface area contributed by atoms with Crippen LogP contribution in [-0.2, 0) is 14.3 Å². The van der Waals surface area contributed by atoms with E-state index >= 15 is 0 Å². The second-order valence-corrected chi connectivity index (χ2v) is 1.78. The van der Waals surface area contributed by atoms with Gasteiger partial charge in [0, 0.05) is 0 Å². The summed E-state index contributed by atoms with van der Waals surface area (Å²) in [6.45, 7) is 1.58. The molecule has 8 heavy (non-hydrogen) atoms. The summed E-state index contributed by atoms with van der Waals surface area (Å²) in [5.41, 5.74) is 0. The van der Waals surface area contributed by atoms with Gasteiger partial charge in [-0.15, -0.1) is 0 Å². The maximum Gasteiger partial charge on any atom is 0.314 e. The Morgan fingerprint density at radius 3 is 2.38 bits per heavy atom. The van der Waals surface area contributed by atoms with Crippen molar-refractivity contribution < 1.29 is 14.3 Å². The summed E-state index contributed by atoms with van der Waals surface area (Å²) in [7, 11) is 0. The third-order valence-corrected chi connectivity index (χ3v) is 1.08. The van der Waals surface area contributed by atoms with Crippen molar-refractivity contribution in [2.45, 2.75) is 19.4 Å². The number of carbonyl (C=O) groups excluding carboxylic acids is 2. The third-order valence-electron chi connectivity index (χ3n) is 1.08. The molecule has 3 nitrogen and oxygen atoms in total. The van der Waals surface area contributed by atoms with E-state index in [-0.39, 0.29) is 12.2 Å². The lowest BCUT2D eigenvalue weighted by Crippen LogP contribution is -2.08. The number of esters is 1. The molecule has 0 spiro atoms. The topological polar surface area (TPSA) is 43.4 Å². The molecule has 0 aromatic heterocycles. The summed E-state index contributed by atoms with van der Waals surface area (Å²) in [6, 6.07) is 0. The zero-order chi connectivity index (χ0) is 6.15. The predicted octanol–water partition coefficient (Wildman–Crippen LogP) is -0.109. The smallest absolute Gasteiger partial charge is 0.314 e. The molecule has 0 radical (unpaired) electrons. The summed E-state index contributed by atoms with van der Waals surface area (Å²) in [4.78, 5) is 20.7. The van der Waals surface area contributed by atoms with Crippen LogP contribution in [0.2, 0.25) is 0 Å². The predicted molar refractivity (Wildman–Crippen MR) is 25.2 cm³/mol. The molecule has 1 rings (SSSR count). The maximum absolute atomic E-state index is 10.4. The van der Waals surface area contributed by atoms with E-state index in [2.05, 4.69) is 4.74 Å². The molecule has 0 bridgehead atoms. The number of ether oxygens (including phenoxy) is 1. The van der Waals surface area contributed by atoms with Gasteiger partial charge in [0.05, 0.1) is 0 Å². The van der Waals surface area contributed by atoms with E-state index in [4.69, 9.17) is 0 Å². The second-order valence-electron chi connectivity index (χ2n) is 1.78. The van der Waals surface area contributed by atoms with Crippen molar-refractivity contribution in [2.24, 2.45) is 0 Å². The average Bonchev–Trinajstić information content (AvgIpc) is 1.85. The number of rotatable bonds is 0. The van der Waals surface area contributed by atoms with Gasteiger partial charge in [-0.1, -0.05) is 0 Å². The molecular weight excluding hydrogens is 108 g/mol. The molecule has 3 heteroatoms. The molecule has 0 saturated carbocycles. The van der Waals surface area contributed by atoms with Crippen LogP contribution in [0.1, 0.15) is 13.3 Å². The van der Waals surface area contributed by atoms with Gasteiger partial charge in [-0.3, -0.25) is 9.59 Å². The van der Waals surface area contributed by atoms with Crippen molar-refractivity contribution >= 4 is 11.8 Å². The highest BCUT2D eigenvalue weighted by Gasteiger charge is 2.27. The summed E-state index contributed by atoms with van der Waals surface area (Å²) in [5, 5.41) is 0. The molecule has 1 aliphatic rings. The number of hydrogen-bond donors (Lipinski definition) is 0. The first-order valence-electron chi connectivity index (χ1n) is 2.42. The molecular formula is C5H6O3. The monoisotopic (exact) mass is 114 g/mol. The maximum atomic E-state index is 10.4. The minimum absolute atomic E-state index is 0.0405. The first-order valence-corrected chi connectivity index (χ1v) is 2.42. The Bertz CT molecular complexity index is 139. The van der Waals surface area contributed by atoms with Crippen LogP contribution in [0.5, 0.6) is 0 Å². The van der Waals surface area contributed by atoms with E-state index in [1.807, 2.05) is 0 Å². The highest BCUT2D eigenvalue weighted by Crippen LogP contribution is 2.07. The van der Waals surface area contributed by atoms with Gasteiger partial charge < -0.3 is 4.74 Å². The fourth-order valence-corrected chi connectivity index (χ4v) is 0.591. The minimum Gasteiger partial charge on any atom is -0.454 e. The SMILES string of the molecule is C[C@H]1OC(=O)CC1=O. The lowest BCUT2D eigenvalue weighted by Gasteiger charge is -1.94. The standard InChI is InChI=1S/C5H6O3/c1-3-4(6)2-5(7)8-3/h3H,2H2,1H3/t3-/m1/s1. The number of Topliss-reactive ketones (excluding diaryl/α,β-unsaturated/α-hetero) is 1. The zero-order valence-corrected chi connectivity index (χ0v) is 4.51. The molecule has 1 aliphatic heterocycles. The Kier molecular flexibility index (Phi) is 1.04. The molecule has 0 N–H and O–H groups in total. The van der Waals surface area contributed by atoms with Gasteiger partial charge in [0.25, 0.3) is 0 Å². The normalized spacial score (nSPS) is 28.4. The molecule has 0 aromatic carbocycles. The van der Waals surface area contributed by atoms with Gasteiger partial charge in [-0.05, 0) is 6.92 Å². The summed E-state index contributed by atoms with van der Waals surface area (Å²) in [5.74, 6) is -0.516. The van der Waals surface area contributed by atoms with Crippen molar-refractivity contribution in [3.05, 3.63) is 0 Å². The second kappa shape index (κ2) is 1.58. The Labute approximate surface area is 46.6 Å². The van der Waals surface area contributed by atoms with Gasteiger partial charge in [0.15, 0.2) is 11.9 Å². The summed E-state index contributed by atoms with van der Waals surface area (Å²) in [6.07, 6.45) is -0.538. The Morgan fingerprint density at radius 1 is 1.62 bits per heavy atom. The Balaban J connectivity index is 2.64. The average molecular weight is 114 g/mol. The molecule has 0 amide bonds. The first kappa shape index (κ1) is 5.28. The van der Waals surface area contributed by atoms with Crippen molar-refractivity contribution in [1.82, 2.24) is 0 Å². The van der Waals surface area contributed by atoms with Crippen molar-refractivity contribution in [3.63, 3.8) is 0 Å². The van der Waals surface area contributed by atoms with Crippen LogP contribution < -0.4 is 0 Å². The van der Waals surface area contributed by atoms with Crippen molar-refractivity contribution in [2.75, 3.05) is 0 Å². The first-order chi connectivity index (χ1) is 3.70. The zero-order valence-electron chi connectivity index (χ0n) is 4.51. The Morgan fingerprint density at radius 2 is 2.25 bits per heavy atom. The lowest BCUT2D eigenvalue weighted by molar-refractivity contribution is -0.141. The van der Waals surface area contributed by atoms with Gasteiger partial charge in [0.1, 0.15) is 6.42 Å². The molecule has 0 aromatic rings. The molecule has 0 aliphatic carbocycles. The Hall–Kier alpha value is -0.860. The van der Waals surface area contributed by atoms with Crippen molar-refractivity contribution in [1.29, 1.82) is 0 Å². The number of hydrogen-bond acceptors (Lipinski definition) is 3. The molecule has 1 atom stereocenters. The van der Waals surface area contributed by atoms with E-state index in [9.17, 15) is 9.59 Å². The summed E-state index contributed by atoms with van der Waals surface area (Å²) >= 11 is 0. The fraction of sp³-hybridized carbons (Fsp3) is 0.600. The highest BCUT2D eigenvalue weighted by atomic mass is 16.6. The highest BCUT2D eigenvalue weighted by molar-refractivity contribution is 6.03. The largest absolute Gasteiger partial charge is 0.454 e. The van der Waals surface area contributed by atoms with Crippen LogP contribution >= 0.6 is 0 Å². The van der Waals surface area contributed by atoms with Crippen LogP contribution in [0, 0.1) is 0 Å². The number of carbonyl (C=O) groups is 2. The molecule has 44 valence electrons. The van der Waals surface area contributed by atoms with Gasteiger partial charge in [-0.25, -0.2) is 0 Å². The quantitative estimate of drug-likeness (QED) is 0.326. The number of ketones is 1. The van der Waals surface area contributed by atoms with Crippen LogP contribution in [0.15, 0.2) is 0 Å². The van der Waals surface area contributed by atoms with E-state index in [0.29, 0.717) is 0 Å². The van der Waals surface area contributed by atoms with E-state index in [1.54, 1.807) is 6.92 Å². The summed E-state index contributed by atoms with van der Waals surface area (Å²) < 4.78 is 4.48. The van der Waals surface area contributed by atoms with Gasteiger partial charge in [-0.2, -0.15) is 0 Å². The van der Waals surface area contributed by atoms with Crippen LogP contribution in [-0.4, -0.2) is 17.9 Å². The van der Waals surface area contributed by atoms with Gasteiger partial charge >= 0.3 is 5.97 Å². The van der Waals surface area contributed by atoms with Crippen LogP contribution in [0.4, 0.5) is 0 Å². The van der Waals surface area contributed by atoms with Crippen molar-refractivity contribution in [3.8, 4) is 0 Å². The fourth-order valence-electron chi connectivity index (χ4n) is 0.591. The van der Waals surface area contributed by atoms with E-state index in [1.165, 1.54) is 0 Å². The molecule has 1 fully saturated rings. The van der Waals surface area contributed by atoms with Gasteiger partial charge in [0.2, 0.25) is 0 Å². The van der Waals surface area contributed by atoms with Crippen LogP contribution in [0.25, 0.3) is 0 Å². The van der Waals surface area contributed by atoms with E-state index in [0.717, 1.165) is 0 Å². The third kappa shape index (κ3) is 0.710.